The van der Waals surface area contributed by atoms with Gasteiger partial charge >= 0.3 is 25.0 Å². The quantitative estimate of drug-likeness (QED) is 0.292. The Morgan fingerprint density at radius 3 is 1.50 bits per heavy atom. The molecule has 165 valence electrons. The van der Waals surface area contributed by atoms with Gasteiger partial charge in [0.25, 0.3) is 11.8 Å². The summed E-state index contributed by atoms with van der Waals surface area (Å²) >= 11 is 3.03. The van der Waals surface area contributed by atoms with E-state index >= 15 is 0 Å². The van der Waals surface area contributed by atoms with E-state index in [1.54, 1.807) is 81.1 Å². The Morgan fingerprint density at radius 1 is 0.750 bits per heavy atom. The maximum absolute atomic E-state index is 10.0. The van der Waals surface area contributed by atoms with Crippen molar-refractivity contribution >= 4 is 33.4 Å². The molecule has 0 saturated carbocycles. The molecule has 3 heterocycles. The molecule has 2 amide bonds. The Labute approximate surface area is 197 Å². The third-order valence-corrected chi connectivity index (χ3v) is 3.96. The second-order valence-corrected chi connectivity index (χ2v) is 6.10. The van der Waals surface area contributed by atoms with Gasteiger partial charge in [0, 0.05) is 36.2 Å². The summed E-state index contributed by atoms with van der Waals surface area (Å²) in [5, 5.41) is 8.09. The summed E-state index contributed by atoms with van der Waals surface area (Å²) in [7, 11) is 4.33. The fraction of sp³-hybridized carbons (Fsp3) is 0.0952. The van der Waals surface area contributed by atoms with Crippen molar-refractivity contribution < 1.29 is 24.4 Å². The Kier molecular flexibility index (Phi) is 10.1. The van der Waals surface area contributed by atoms with Gasteiger partial charge in [0.2, 0.25) is 0 Å². The van der Waals surface area contributed by atoms with Crippen molar-refractivity contribution in [2.75, 3.05) is 0 Å². The molecule has 3 aromatic heterocycles. The molecule has 0 aliphatic heterocycles. The van der Waals surface area contributed by atoms with Crippen LogP contribution in [-0.2, 0) is 14.8 Å². The number of aromatic nitrogens is 3. The first-order valence-corrected chi connectivity index (χ1v) is 10.5. The number of halogens is 1. The third-order valence-electron chi connectivity index (χ3n) is 3.96. The van der Waals surface area contributed by atoms with E-state index in [4.69, 9.17) is 0 Å². The molecule has 3 rings (SSSR count). The maximum atomic E-state index is 10.0. The van der Waals surface area contributed by atoms with Crippen LogP contribution in [0.25, 0.3) is 10.9 Å². The molecule has 3 aromatic rings. The topological polar surface area (TPSA) is 134 Å². The van der Waals surface area contributed by atoms with Gasteiger partial charge in [-0.15, -0.1) is 0 Å². The van der Waals surface area contributed by atoms with Crippen molar-refractivity contribution in [1.29, 1.82) is 0 Å². The average Bonchev–Trinajstić information content (AvgIpc) is 2.87. The minimum absolute atomic E-state index is 0.216. The number of pyridine rings is 3. The predicted octanol–water partition coefficient (Wildman–Crippen LogP) is 3.86. The van der Waals surface area contributed by atoms with Gasteiger partial charge < -0.3 is 21.1 Å². The molecule has 0 bridgehead atoms. The fourth-order valence-electron chi connectivity index (χ4n) is 2.30. The summed E-state index contributed by atoms with van der Waals surface area (Å²) in [5.41, 5.74) is 10.9. The van der Waals surface area contributed by atoms with Crippen molar-refractivity contribution in [1.82, 2.24) is 15.0 Å². The van der Waals surface area contributed by atoms with Crippen LogP contribution < -0.4 is 0 Å². The van der Waals surface area contributed by atoms with E-state index in [1.165, 1.54) is 0 Å². The number of hydrogen-bond acceptors (Lipinski definition) is 5. The third kappa shape index (κ3) is 7.34. The summed E-state index contributed by atoms with van der Waals surface area (Å²) in [4.78, 5) is 32.3. The van der Waals surface area contributed by atoms with E-state index in [0.29, 0.717) is 33.9 Å². The number of amides is 2. The van der Waals surface area contributed by atoms with Crippen LogP contribution in [0.3, 0.4) is 0 Å². The van der Waals surface area contributed by atoms with Crippen molar-refractivity contribution in [2.24, 2.45) is 10.2 Å². The van der Waals surface area contributed by atoms with Crippen molar-refractivity contribution in [3.05, 3.63) is 101 Å². The molecule has 9 nitrogen and oxygen atoms in total. The van der Waals surface area contributed by atoms with E-state index in [2.05, 4.69) is 61.0 Å². The number of carbonyl (C=O) groups excluding carboxylic acids is 2. The Bertz CT molecular complexity index is 1020. The van der Waals surface area contributed by atoms with Crippen LogP contribution in [-0.4, -0.2) is 47.8 Å². The summed E-state index contributed by atoms with van der Waals surface area (Å²) in [5.74, 6) is -0.432. The summed E-state index contributed by atoms with van der Waals surface area (Å²) in [6.07, 6.45) is 6.22. The molecule has 0 fully saturated rings. The van der Waals surface area contributed by atoms with Crippen molar-refractivity contribution in [3.8, 4) is 0 Å². The molecule has 0 saturated heterocycles. The molecule has 0 atom stereocenters. The van der Waals surface area contributed by atoms with Gasteiger partial charge in [0.1, 0.15) is 0 Å². The first-order chi connectivity index (χ1) is 15.5. The number of nitrogens with zero attached hydrogens (tertiary/aromatic N) is 7. The van der Waals surface area contributed by atoms with E-state index < -0.39 is 0 Å². The Morgan fingerprint density at radius 2 is 1.12 bits per heavy atom. The van der Waals surface area contributed by atoms with Crippen molar-refractivity contribution in [2.45, 2.75) is 13.8 Å². The van der Waals surface area contributed by atoms with Gasteiger partial charge in [-0.1, -0.05) is 6.07 Å². The van der Waals surface area contributed by atoms with Crippen LogP contribution in [0.15, 0.2) is 77.5 Å². The molecule has 0 aliphatic carbocycles. The second-order valence-electron chi connectivity index (χ2n) is 6.10. The zero-order valence-corrected chi connectivity index (χ0v) is 18.9. The molecule has 11 heteroatoms. The Hall–Kier alpha value is -3.47. The number of rotatable bonds is 6. The minimum atomic E-state index is -0.216. The standard InChI is InChI=1S/C21H19N7O2.ClH.Co/c1-14(25-27-20(29)16-6-10-22-11-7-16)18-4-3-5-19(24-18)15(2)26-28-21(30)17-8-12-23-13-9-17;;/h3-13H,1-2H3,(H2,24,27,28,29,30);1H;/q;;+2/p-1. The summed E-state index contributed by atoms with van der Waals surface area (Å²) in [6.45, 7) is 3.46. The average molecular weight is 496 g/mol. The zero-order chi connectivity index (χ0) is 23.3. The SMILES string of the molecule is CC(=N[N-]C(=[OH+])c1ccncc1)c1cccc(C(C)=N[N-]C(=[OH+])c2ccncc2)n1.[Cl][Co+]. The van der Waals surface area contributed by atoms with Gasteiger partial charge in [0.15, 0.2) is 0 Å². The summed E-state index contributed by atoms with van der Waals surface area (Å²) < 4.78 is 0. The monoisotopic (exact) mass is 495 g/mol. The van der Waals surface area contributed by atoms with Gasteiger partial charge in [-0.3, -0.25) is 19.6 Å². The molecule has 0 aliphatic rings. The van der Waals surface area contributed by atoms with Crippen LogP contribution in [0.5, 0.6) is 0 Å². The molecular formula is C21H19ClCoN7O2+. The van der Waals surface area contributed by atoms with E-state index in [-0.39, 0.29) is 11.8 Å². The second kappa shape index (κ2) is 13.0. The first kappa shape index (κ1) is 24.8. The molecule has 2 N–H and O–H groups in total. The van der Waals surface area contributed by atoms with E-state index in [0.717, 1.165) is 0 Å². The first-order valence-electron chi connectivity index (χ1n) is 9.08. The summed E-state index contributed by atoms with van der Waals surface area (Å²) in [6, 6.07) is 11.9. The normalized spacial score (nSPS) is 11.1. The van der Waals surface area contributed by atoms with Crippen LogP contribution >= 0.6 is 10.1 Å². The van der Waals surface area contributed by atoms with Crippen LogP contribution in [0.2, 0.25) is 0 Å². The van der Waals surface area contributed by atoms with E-state index in [9.17, 15) is 9.59 Å². The predicted molar refractivity (Wildman–Crippen MR) is 122 cm³/mol. The van der Waals surface area contributed by atoms with Crippen LogP contribution in [0.4, 0.5) is 0 Å². The van der Waals surface area contributed by atoms with Gasteiger partial charge in [-0.05, 0) is 50.2 Å². The van der Waals surface area contributed by atoms with Gasteiger partial charge in [-0.25, -0.2) is 4.98 Å². The van der Waals surface area contributed by atoms with Crippen LogP contribution in [0.1, 0.15) is 36.4 Å². The molecule has 0 aromatic carbocycles. The molecule has 32 heavy (non-hydrogen) atoms. The fourth-order valence-corrected chi connectivity index (χ4v) is 2.30. The zero-order valence-electron chi connectivity index (χ0n) is 17.1. The van der Waals surface area contributed by atoms with Crippen LogP contribution in [0, 0.1) is 0 Å². The molecule has 0 unspecified atom stereocenters. The van der Waals surface area contributed by atoms with Gasteiger partial charge in [-0.2, -0.15) is 0 Å². The molecule has 0 spiro atoms. The number of hydrogen-bond donors (Lipinski definition) is 0. The van der Waals surface area contributed by atoms with E-state index in [1.807, 2.05) is 0 Å². The van der Waals surface area contributed by atoms with Crippen molar-refractivity contribution in [3.63, 3.8) is 0 Å². The molecular weight excluding hydrogens is 477 g/mol. The van der Waals surface area contributed by atoms with Gasteiger partial charge in [0.05, 0.1) is 22.5 Å². The Balaban J connectivity index is 0.00000176. The molecule has 0 radical (unpaired) electrons.